The minimum Gasteiger partial charge on any atom is -0.492 e. The summed E-state index contributed by atoms with van der Waals surface area (Å²) >= 11 is 19.3. The van der Waals surface area contributed by atoms with Crippen LogP contribution in [0.5, 0.6) is 5.75 Å². The number of rotatable bonds is 10. The lowest BCUT2D eigenvalue weighted by molar-refractivity contribution is 0.148. The molecule has 7 aromatic rings. The van der Waals surface area contributed by atoms with Crippen LogP contribution in [-0.2, 0) is 6.54 Å². The summed E-state index contributed by atoms with van der Waals surface area (Å²) in [6.07, 6.45) is 3.10. The smallest absolute Gasteiger partial charge is 0.241 e. The van der Waals surface area contributed by atoms with Crippen LogP contribution in [0.1, 0.15) is 38.2 Å². The van der Waals surface area contributed by atoms with Crippen molar-refractivity contribution in [3.63, 3.8) is 0 Å². The molecule has 2 aliphatic rings. The molecule has 0 saturated carbocycles. The Morgan fingerprint density at radius 2 is 1.32 bits per heavy atom. The van der Waals surface area contributed by atoms with E-state index in [-0.39, 0.29) is 54.6 Å². The number of hydrogen-bond acceptors (Lipinski definition) is 9. The molecule has 0 bridgehead atoms. The summed E-state index contributed by atoms with van der Waals surface area (Å²) in [7, 11) is 0. The van der Waals surface area contributed by atoms with Crippen molar-refractivity contribution < 1.29 is 13.5 Å². The molecule has 9 rings (SSSR count). The maximum absolute atomic E-state index is 15.5. The van der Waals surface area contributed by atoms with Gasteiger partial charge >= 0.3 is 0 Å². The first kappa shape index (κ1) is 46.4. The molecule has 2 fully saturated rings. The maximum Gasteiger partial charge on any atom is 0.241 e. The molecule has 0 radical (unpaired) electrons. The third kappa shape index (κ3) is 9.76. The number of piperidine rings is 2. The second-order valence-electron chi connectivity index (χ2n) is 15.7. The van der Waals surface area contributed by atoms with Crippen LogP contribution in [0.3, 0.4) is 0 Å². The number of benzene rings is 5. The lowest BCUT2D eigenvalue weighted by Crippen LogP contribution is -2.56. The van der Waals surface area contributed by atoms with Gasteiger partial charge in [0.1, 0.15) is 17.4 Å². The van der Waals surface area contributed by atoms with E-state index in [0.717, 1.165) is 38.0 Å². The van der Waals surface area contributed by atoms with E-state index in [4.69, 9.17) is 65.3 Å². The van der Waals surface area contributed by atoms with Gasteiger partial charge in [-0.25, -0.2) is 34.6 Å². The summed E-state index contributed by atoms with van der Waals surface area (Å²) in [5.41, 5.74) is 4.02. The molecule has 0 amide bonds. The van der Waals surface area contributed by atoms with Gasteiger partial charge in [-0.3, -0.25) is 9.91 Å². The van der Waals surface area contributed by atoms with Crippen LogP contribution in [0.4, 0.5) is 20.7 Å². The lowest BCUT2D eigenvalue weighted by atomic mass is 9.82. The van der Waals surface area contributed by atoms with Crippen molar-refractivity contribution in [3.05, 3.63) is 135 Å². The normalized spacial score (nSPS) is 17.0. The summed E-state index contributed by atoms with van der Waals surface area (Å²) in [6, 6.07) is 29.7. The van der Waals surface area contributed by atoms with Gasteiger partial charge in [0.05, 0.1) is 40.1 Å². The number of nitrogens with zero attached hydrogens (tertiary/aromatic N) is 7. The number of hydrazine groups is 1. The number of aromatic nitrogens is 4. The molecule has 0 spiro atoms. The predicted molar refractivity (Wildman–Crippen MR) is 256 cm³/mol. The summed E-state index contributed by atoms with van der Waals surface area (Å²) < 4.78 is 36.6. The molecule has 0 aliphatic carbocycles. The van der Waals surface area contributed by atoms with Gasteiger partial charge < -0.3 is 9.64 Å². The van der Waals surface area contributed by atoms with Crippen molar-refractivity contribution in [3.8, 4) is 28.3 Å². The number of fused-ring (bicyclic) bond motifs is 2. The number of anilines is 2. The van der Waals surface area contributed by atoms with Crippen LogP contribution >= 0.6 is 59.6 Å². The van der Waals surface area contributed by atoms with Crippen LogP contribution in [0.25, 0.3) is 44.3 Å². The van der Waals surface area contributed by atoms with E-state index in [0.29, 0.717) is 97.1 Å². The topological polar surface area (TPSA) is 96.5 Å². The standard InChI is InChI=1S/C47H43Cl3F2N8O.2ClH/c1-2-61-43-23-28(11-14-37(43)50)27-58-20-17-29(18-21-58)42-26-32(60(53)47-55-41-16-13-31(49)25-36(41)45(57-47)34-8-4-6-10-39(34)52)19-22-59(42)46-54-40-15-12-30(48)24-35(40)44(56-46)33-7-3-5-9-38(33)51;;/h3-16,23-25,29,32,42H,2,17-22,26-27,53H2,1H3;2*1H. The summed E-state index contributed by atoms with van der Waals surface area (Å²) in [5, 5.41) is 4.55. The average Bonchev–Trinajstić information content (AvgIpc) is 3.27. The van der Waals surface area contributed by atoms with E-state index in [1.807, 2.05) is 25.1 Å². The zero-order chi connectivity index (χ0) is 42.2. The molecular formula is C47H45Cl5F2N8O. The van der Waals surface area contributed by atoms with Crippen molar-refractivity contribution in [2.75, 3.05) is 36.1 Å². The molecule has 9 nitrogen and oxygen atoms in total. The first-order chi connectivity index (χ1) is 29.6. The number of ether oxygens (including phenoxy) is 1. The van der Waals surface area contributed by atoms with Crippen LogP contribution in [0.15, 0.2) is 103 Å². The fourth-order valence-electron chi connectivity index (χ4n) is 8.89. The minimum atomic E-state index is -0.407. The van der Waals surface area contributed by atoms with Crippen LogP contribution in [0.2, 0.25) is 15.1 Å². The highest BCUT2D eigenvalue weighted by atomic mass is 35.5. The van der Waals surface area contributed by atoms with E-state index in [1.54, 1.807) is 71.7 Å². The number of halogens is 7. The number of nitrogens with two attached hydrogens (primary N) is 1. The van der Waals surface area contributed by atoms with E-state index < -0.39 is 5.82 Å². The van der Waals surface area contributed by atoms with Crippen molar-refractivity contribution in [2.24, 2.45) is 11.8 Å². The Morgan fingerprint density at radius 1 is 0.714 bits per heavy atom. The molecule has 5 aromatic carbocycles. The SMILES string of the molecule is CCOc1cc(CN2CCC(C3CC(N(N)c4nc(-c5ccccc5F)c5cc(Cl)ccc5n4)CCN3c3nc(-c4ccccc4F)c4cc(Cl)ccc4n3)CC2)ccc1Cl.Cl.Cl. The second kappa shape index (κ2) is 20.1. The molecule has 2 saturated heterocycles. The minimum absolute atomic E-state index is 0. The molecule has 328 valence electrons. The van der Waals surface area contributed by atoms with E-state index in [1.165, 1.54) is 12.1 Å². The lowest BCUT2D eigenvalue weighted by Gasteiger charge is -2.47. The van der Waals surface area contributed by atoms with E-state index in [2.05, 4.69) is 15.9 Å². The Kier molecular flexibility index (Phi) is 14.8. The van der Waals surface area contributed by atoms with Crippen molar-refractivity contribution in [1.82, 2.24) is 24.8 Å². The van der Waals surface area contributed by atoms with Gasteiger partial charge in [-0.15, -0.1) is 24.8 Å². The predicted octanol–water partition coefficient (Wildman–Crippen LogP) is 12.0. The molecule has 4 heterocycles. The fraction of sp³-hybridized carbons (Fsp3) is 0.277. The summed E-state index contributed by atoms with van der Waals surface area (Å²) in [5.74, 6) is 8.02. The maximum atomic E-state index is 15.5. The third-order valence-corrected chi connectivity index (χ3v) is 12.7. The summed E-state index contributed by atoms with van der Waals surface area (Å²) in [6.45, 7) is 5.57. The molecule has 16 heteroatoms. The van der Waals surface area contributed by atoms with Crippen LogP contribution in [0, 0.1) is 17.6 Å². The monoisotopic (exact) mass is 950 g/mol. The highest BCUT2D eigenvalue weighted by Gasteiger charge is 2.39. The van der Waals surface area contributed by atoms with Crippen LogP contribution in [-0.4, -0.2) is 63.2 Å². The second-order valence-corrected chi connectivity index (χ2v) is 17.0. The Bertz CT molecular complexity index is 2740. The Hall–Kier alpha value is -4.59. The fourth-order valence-corrected chi connectivity index (χ4v) is 9.41. The van der Waals surface area contributed by atoms with Gasteiger partial charge in [-0.05, 0) is 130 Å². The molecule has 63 heavy (non-hydrogen) atoms. The van der Waals surface area contributed by atoms with Gasteiger partial charge in [-0.2, -0.15) is 0 Å². The quantitative estimate of drug-likeness (QED) is 0.106. The van der Waals surface area contributed by atoms with Crippen molar-refractivity contribution >= 4 is 93.3 Å². The first-order valence-electron chi connectivity index (χ1n) is 20.5. The van der Waals surface area contributed by atoms with Gasteiger partial charge in [0.25, 0.3) is 0 Å². The van der Waals surface area contributed by atoms with Crippen LogP contribution < -0.4 is 20.5 Å². The number of hydrogen-bond donors (Lipinski definition) is 1. The summed E-state index contributed by atoms with van der Waals surface area (Å²) in [4.78, 5) is 24.8. The third-order valence-electron chi connectivity index (χ3n) is 11.9. The van der Waals surface area contributed by atoms with E-state index >= 15 is 8.78 Å². The van der Waals surface area contributed by atoms with Gasteiger partial charge in [-0.1, -0.05) is 65.1 Å². The average molecular weight is 953 g/mol. The van der Waals surface area contributed by atoms with E-state index in [9.17, 15) is 0 Å². The molecule has 2 aliphatic heterocycles. The van der Waals surface area contributed by atoms with Crippen molar-refractivity contribution in [1.29, 1.82) is 0 Å². The molecule has 2 N–H and O–H groups in total. The molecular weight excluding hydrogens is 908 g/mol. The molecule has 2 unspecified atom stereocenters. The Balaban J connectivity index is 0.00000298. The molecule has 2 aromatic heterocycles. The Morgan fingerprint density at radius 3 is 1.94 bits per heavy atom. The number of likely N-dealkylation sites (tertiary alicyclic amines) is 1. The zero-order valence-electron chi connectivity index (χ0n) is 34.2. The van der Waals surface area contributed by atoms with Gasteiger partial charge in [0.15, 0.2) is 0 Å². The largest absolute Gasteiger partial charge is 0.492 e. The van der Waals surface area contributed by atoms with Crippen molar-refractivity contribution in [2.45, 2.75) is 51.2 Å². The first-order valence-corrected chi connectivity index (χ1v) is 21.7. The Labute approximate surface area is 392 Å². The molecule has 2 atom stereocenters. The zero-order valence-corrected chi connectivity index (χ0v) is 38.1. The highest BCUT2D eigenvalue weighted by Crippen LogP contribution is 2.39. The highest BCUT2D eigenvalue weighted by molar-refractivity contribution is 6.32. The van der Waals surface area contributed by atoms with Gasteiger partial charge in [0.2, 0.25) is 11.9 Å². The van der Waals surface area contributed by atoms with Gasteiger partial charge in [0, 0.05) is 51.1 Å².